The molecule has 2 rings (SSSR count). The third-order valence-corrected chi connectivity index (χ3v) is 6.40. The number of carbonyl (C=O) groups excluding carboxylic acids is 1. The molecule has 1 amide bonds. The monoisotopic (exact) mass is 442 g/mol. The van der Waals surface area contributed by atoms with Gasteiger partial charge in [-0.1, -0.05) is 0 Å². The Morgan fingerprint density at radius 2 is 1.73 bits per heavy atom. The van der Waals surface area contributed by atoms with Crippen LogP contribution in [0.5, 0.6) is 0 Å². The highest BCUT2D eigenvalue weighted by atomic mass is 32.2. The van der Waals surface area contributed by atoms with E-state index in [1.165, 1.54) is 16.4 Å². The number of piperazine rings is 1. The molecule has 30 heavy (non-hydrogen) atoms. The number of benzene rings is 1. The van der Waals surface area contributed by atoms with Crippen molar-refractivity contribution in [2.24, 2.45) is 0 Å². The summed E-state index contributed by atoms with van der Waals surface area (Å²) in [6.45, 7) is 7.71. The van der Waals surface area contributed by atoms with Crippen molar-refractivity contribution in [2.45, 2.75) is 31.3 Å². The molecule has 0 radical (unpaired) electrons. The number of hydrogen-bond acceptors (Lipinski definition) is 6. The third-order valence-electron chi connectivity index (χ3n) is 4.49. The Bertz CT molecular complexity index is 843. The Balaban J connectivity index is 1.88. The van der Waals surface area contributed by atoms with Gasteiger partial charge in [-0.25, -0.2) is 17.6 Å². The zero-order valence-corrected chi connectivity index (χ0v) is 18.8. The van der Waals surface area contributed by atoms with E-state index in [0.29, 0.717) is 43.8 Å². The first-order valence-electron chi connectivity index (χ1n) is 9.79. The molecule has 10 heteroatoms. The quantitative estimate of drug-likeness (QED) is 0.674. The van der Waals surface area contributed by atoms with Gasteiger partial charge in [-0.15, -0.1) is 0 Å². The van der Waals surface area contributed by atoms with Crippen molar-refractivity contribution in [1.82, 2.24) is 14.5 Å². The van der Waals surface area contributed by atoms with Gasteiger partial charge in [-0.3, -0.25) is 0 Å². The van der Waals surface area contributed by atoms with Gasteiger partial charge in [0.1, 0.15) is 5.60 Å². The second-order valence-electron chi connectivity index (χ2n) is 8.21. The second kappa shape index (κ2) is 10.2. The Morgan fingerprint density at radius 1 is 1.13 bits per heavy atom. The first-order chi connectivity index (χ1) is 14.0. The van der Waals surface area contributed by atoms with Crippen LogP contribution in [-0.2, 0) is 14.8 Å². The fraction of sp³-hybridized carbons (Fsp3) is 0.550. The van der Waals surface area contributed by atoms with E-state index in [0.717, 1.165) is 0 Å². The Hall–Kier alpha value is -2.17. The number of halogens is 1. The van der Waals surface area contributed by atoms with Crippen molar-refractivity contribution < 1.29 is 22.3 Å². The number of alkyl carbamates (subject to hydrolysis) is 1. The summed E-state index contributed by atoms with van der Waals surface area (Å²) < 4.78 is 45.2. The molecular formula is C20H31FN4O4S. The minimum Gasteiger partial charge on any atom is -0.444 e. The Kier molecular flexibility index (Phi) is 8.22. The standard InChI is InChI=1S/C20H31FN4O4S/c1-20(2,3)29-19(26)23-15-16(13-21)14-22-17-5-7-18(8-6-17)30(27,28)25-11-9-24(4)10-12-25/h5-8,13,22H,9-12,14-15H2,1-4H3,(H,23,26)/b16-13-. The van der Waals surface area contributed by atoms with Crippen LogP contribution in [0, 0.1) is 0 Å². The van der Waals surface area contributed by atoms with Gasteiger partial charge in [0.25, 0.3) is 0 Å². The Morgan fingerprint density at radius 3 is 2.27 bits per heavy atom. The average Bonchev–Trinajstić information content (AvgIpc) is 2.67. The third kappa shape index (κ3) is 7.26. The van der Waals surface area contributed by atoms with E-state index in [1.54, 1.807) is 32.9 Å². The van der Waals surface area contributed by atoms with Crippen LogP contribution in [0.25, 0.3) is 0 Å². The number of rotatable bonds is 7. The molecule has 0 bridgehead atoms. The molecule has 8 nitrogen and oxygen atoms in total. The summed E-state index contributed by atoms with van der Waals surface area (Å²) in [5.41, 5.74) is 0.327. The second-order valence-corrected chi connectivity index (χ2v) is 10.1. The van der Waals surface area contributed by atoms with Crippen LogP contribution in [0.2, 0.25) is 0 Å². The lowest BCUT2D eigenvalue weighted by molar-refractivity contribution is 0.0532. The summed E-state index contributed by atoms with van der Waals surface area (Å²) in [6, 6.07) is 6.35. The van der Waals surface area contributed by atoms with Crippen molar-refractivity contribution in [2.75, 3.05) is 51.6 Å². The highest BCUT2D eigenvalue weighted by Gasteiger charge is 2.27. The van der Waals surface area contributed by atoms with Crippen LogP contribution in [0.3, 0.4) is 0 Å². The van der Waals surface area contributed by atoms with Gasteiger partial charge in [0.15, 0.2) is 0 Å². The molecule has 1 saturated heterocycles. The van der Waals surface area contributed by atoms with E-state index in [2.05, 4.69) is 15.5 Å². The Labute approximate surface area is 178 Å². The average molecular weight is 443 g/mol. The predicted molar refractivity (Wildman–Crippen MR) is 115 cm³/mol. The first-order valence-corrected chi connectivity index (χ1v) is 11.2. The van der Waals surface area contributed by atoms with Gasteiger partial charge in [0, 0.05) is 45.0 Å². The molecule has 1 heterocycles. The van der Waals surface area contributed by atoms with Gasteiger partial charge < -0.3 is 20.3 Å². The van der Waals surface area contributed by atoms with Gasteiger partial charge in [-0.2, -0.15) is 4.31 Å². The topological polar surface area (TPSA) is 91.0 Å². The molecule has 168 valence electrons. The number of nitrogens with zero attached hydrogens (tertiary/aromatic N) is 2. The van der Waals surface area contributed by atoms with E-state index >= 15 is 0 Å². The van der Waals surface area contributed by atoms with Gasteiger partial charge in [0.2, 0.25) is 10.0 Å². The van der Waals surface area contributed by atoms with E-state index in [9.17, 15) is 17.6 Å². The van der Waals surface area contributed by atoms with E-state index < -0.39 is 21.7 Å². The summed E-state index contributed by atoms with van der Waals surface area (Å²) in [5, 5.41) is 5.51. The molecule has 1 aromatic carbocycles. The normalized spacial score (nSPS) is 16.9. The lowest BCUT2D eigenvalue weighted by Gasteiger charge is -2.31. The lowest BCUT2D eigenvalue weighted by atomic mass is 10.2. The largest absolute Gasteiger partial charge is 0.444 e. The van der Waals surface area contributed by atoms with Crippen molar-refractivity contribution in [3.63, 3.8) is 0 Å². The van der Waals surface area contributed by atoms with E-state index in [4.69, 9.17) is 4.74 Å². The number of anilines is 1. The van der Waals surface area contributed by atoms with Crippen molar-refractivity contribution in [1.29, 1.82) is 0 Å². The van der Waals surface area contributed by atoms with Crippen molar-refractivity contribution in [3.05, 3.63) is 36.2 Å². The number of likely N-dealkylation sites (N-methyl/N-ethyl adjacent to an activating group) is 1. The zero-order chi connectivity index (χ0) is 22.4. The maximum Gasteiger partial charge on any atom is 0.407 e. The molecule has 1 aromatic rings. The number of hydrogen-bond donors (Lipinski definition) is 2. The van der Waals surface area contributed by atoms with E-state index in [-0.39, 0.29) is 18.0 Å². The van der Waals surface area contributed by atoms with Crippen LogP contribution in [-0.4, -0.2) is 75.6 Å². The lowest BCUT2D eigenvalue weighted by Crippen LogP contribution is -2.46. The van der Waals surface area contributed by atoms with Crippen LogP contribution < -0.4 is 10.6 Å². The SMILES string of the molecule is CN1CCN(S(=O)(=O)c2ccc(NC/C(=C/F)CNC(=O)OC(C)(C)C)cc2)CC1. The molecule has 2 N–H and O–H groups in total. The number of amides is 1. The number of ether oxygens (including phenoxy) is 1. The minimum atomic E-state index is -3.53. The summed E-state index contributed by atoms with van der Waals surface area (Å²) in [6.07, 6.45) is -0.198. The van der Waals surface area contributed by atoms with E-state index in [1.807, 2.05) is 7.05 Å². The fourth-order valence-corrected chi connectivity index (χ4v) is 4.20. The maximum absolute atomic E-state index is 13.1. The van der Waals surface area contributed by atoms with Crippen molar-refractivity contribution in [3.8, 4) is 0 Å². The first kappa shape index (κ1) is 24.1. The predicted octanol–water partition coefficient (Wildman–Crippen LogP) is 2.41. The summed E-state index contributed by atoms with van der Waals surface area (Å²) in [5.74, 6) is 0. The molecule has 1 aliphatic rings. The van der Waals surface area contributed by atoms with Gasteiger partial charge in [0.05, 0.1) is 11.2 Å². The minimum absolute atomic E-state index is 0.00567. The smallest absolute Gasteiger partial charge is 0.407 e. The molecule has 0 atom stereocenters. The molecule has 0 unspecified atom stereocenters. The number of nitrogens with one attached hydrogen (secondary N) is 2. The maximum atomic E-state index is 13.1. The number of carbonyl (C=O) groups is 1. The van der Waals surface area contributed by atoms with Gasteiger partial charge in [-0.05, 0) is 57.7 Å². The number of sulfonamides is 1. The van der Waals surface area contributed by atoms with Crippen LogP contribution >= 0.6 is 0 Å². The molecule has 0 aliphatic carbocycles. The molecule has 0 saturated carbocycles. The molecular weight excluding hydrogens is 411 g/mol. The van der Waals surface area contributed by atoms with Gasteiger partial charge >= 0.3 is 6.09 Å². The molecule has 1 aliphatic heterocycles. The fourth-order valence-electron chi connectivity index (χ4n) is 2.78. The zero-order valence-electron chi connectivity index (χ0n) is 17.9. The highest BCUT2D eigenvalue weighted by molar-refractivity contribution is 7.89. The van der Waals surface area contributed by atoms with Crippen LogP contribution in [0.15, 0.2) is 41.1 Å². The summed E-state index contributed by atoms with van der Waals surface area (Å²) in [4.78, 5) is 14.0. The summed E-state index contributed by atoms with van der Waals surface area (Å²) >= 11 is 0. The summed E-state index contributed by atoms with van der Waals surface area (Å²) in [7, 11) is -1.56. The molecule has 0 aromatic heterocycles. The highest BCUT2D eigenvalue weighted by Crippen LogP contribution is 2.20. The van der Waals surface area contributed by atoms with Crippen LogP contribution in [0.4, 0.5) is 14.9 Å². The molecule has 0 spiro atoms. The van der Waals surface area contributed by atoms with Crippen molar-refractivity contribution >= 4 is 21.8 Å². The molecule has 1 fully saturated rings. The van der Waals surface area contributed by atoms with Crippen LogP contribution in [0.1, 0.15) is 20.8 Å².